The van der Waals surface area contributed by atoms with E-state index >= 15 is 0 Å². The van der Waals surface area contributed by atoms with Crippen LogP contribution in [-0.2, 0) is 6.42 Å². The molecule has 2 nitrogen and oxygen atoms in total. The zero-order valence-electron chi connectivity index (χ0n) is 10.6. The average Bonchev–Trinajstić information content (AvgIpc) is 2.44. The average molecular weight is 441 g/mol. The highest BCUT2D eigenvalue weighted by Crippen LogP contribution is 2.30. The van der Waals surface area contributed by atoms with E-state index in [1.54, 1.807) is 18.2 Å². The lowest BCUT2D eigenvalue weighted by molar-refractivity contribution is 0.498. The zero-order chi connectivity index (χ0) is 15.6. The summed E-state index contributed by atoms with van der Waals surface area (Å²) in [5.74, 6) is 4.26. The number of hydrazine groups is 1. The Labute approximate surface area is 142 Å². The Bertz CT molecular complexity index is 668. The third-order valence-electron chi connectivity index (χ3n) is 3.09. The summed E-state index contributed by atoms with van der Waals surface area (Å²) in [7, 11) is 0. The zero-order valence-corrected chi connectivity index (χ0v) is 14.6. The number of halogens is 5. The summed E-state index contributed by atoms with van der Waals surface area (Å²) in [6.45, 7) is 0. The van der Waals surface area contributed by atoms with Crippen LogP contribution in [0.5, 0.6) is 0 Å². The Morgan fingerprint density at radius 2 is 1.90 bits per heavy atom. The summed E-state index contributed by atoms with van der Waals surface area (Å²) in [6, 6.07) is 7.27. The van der Waals surface area contributed by atoms with Gasteiger partial charge in [-0.05, 0) is 52.2 Å². The minimum Gasteiger partial charge on any atom is -0.271 e. The second-order valence-corrected chi connectivity index (χ2v) is 6.59. The molecule has 0 radical (unpaired) electrons. The molecule has 21 heavy (non-hydrogen) atoms. The molecule has 2 rings (SSSR count). The number of hydrogen-bond acceptors (Lipinski definition) is 2. The molecule has 0 aliphatic carbocycles. The summed E-state index contributed by atoms with van der Waals surface area (Å²) < 4.78 is 28.9. The van der Waals surface area contributed by atoms with Gasteiger partial charge in [0, 0.05) is 15.1 Å². The van der Waals surface area contributed by atoms with Gasteiger partial charge in [-0.3, -0.25) is 11.3 Å². The summed E-state index contributed by atoms with van der Waals surface area (Å²) >= 11 is 12.5. The van der Waals surface area contributed by atoms with Gasteiger partial charge in [0.1, 0.15) is 11.6 Å². The Morgan fingerprint density at radius 1 is 1.19 bits per heavy atom. The van der Waals surface area contributed by atoms with Crippen LogP contribution in [0, 0.1) is 11.6 Å². The lowest BCUT2D eigenvalue weighted by Crippen LogP contribution is -2.30. The fraction of sp³-hybridized carbons (Fsp3) is 0.143. The molecule has 2 aromatic carbocycles. The van der Waals surface area contributed by atoms with Crippen molar-refractivity contribution in [3.05, 3.63) is 67.1 Å². The molecule has 0 aliphatic rings. The van der Waals surface area contributed by atoms with Crippen molar-refractivity contribution >= 4 is 43.5 Å². The quantitative estimate of drug-likeness (QED) is 0.404. The SMILES string of the molecule is NNC(Cc1c(F)ccc(Br)c1F)c1ccc(Br)cc1Cl. The van der Waals surface area contributed by atoms with E-state index in [1.165, 1.54) is 12.1 Å². The molecule has 0 saturated heterocycles. The van der Waals surface area contributed by atoms with E-state index in [2.05, 4.69) is 37.3 Å². The van der Waals surface area contributed by atoms with Crippen LogP contribution < -0.4 is 11.3 Å². The smallest absolute Gasteiger partial charge is 0.143 e. The van der Waals surface area contributed by atoms with E-state index in [9.17, 15) is 8.78 Å². The van der Waals surface area contributed by atoms with Crippen molar-refractivity contribution < 1.29 is 8.78 Å². The monoisotopic (exact) mass is 438 g/mol. The topological polar surface area (TPSA) is 38.0 Å². The molecule has 0 aliphatic heterocycles. The van der Waals surface area contributed by atoms with Gasteiger partial charge in [-0.2, -0.15) is 0 Å². The largest absolute Gasteiger partial charge is 0.271 e. The third kappa shape index (κ3) is 3.81. The Kier molecular flexibility index (Phi) is 5.73. The van der Waals surface area contributed by atoms with Gasteiger partial charge in [-0.1, -0.05) is 33.6 Å². The Hall–Kier alpha value is -0.530. The van der Waals surface area contributed by atoms with Gasteiger partial charge in [0.2, 0.25) is 0 Å². The van der Waals surface area contributed by atoms with E-state index in [-0.39, 0.29) is 16.5 Å². The fourth-order valence-corrected chi connectivity index (χ4v) is 3.18. The van der Waals surface area contributed by atoms with Crippen molar-refractivity contribution in [2.75, 3.05) is 0 Å². The molecule has 7 heteroatoms. The normalized spacial score (nSPS) is 12.5. The number of rotatable bonds is 4. The second-order valence-electron chi connectivity index (χ2n) is 4.41. The lowest BCUT2D eigenvalue weighted by Gasteiger charge is -2.19. The molecule has 0 heterocycles. The molecule has 112 valence electrons. The van der Waals surface area contributed by atoms with Crippen LogP contribution in [0.15, 0.2) is 39.3 Å². The van der Waals surface area contributed by atoms with Gasteiger partial charge in [-0.25, -0.2) is 8.78 Å². The maximum Gasteiger partial charge on any atom is 0.143 e. The minimum atomic E-state index is -0.636. The molecule has 0 fully saturated rings. The summed E-state index contributed by atoms with van der Waals surface area (Å²) in [5.41, 5.74) is 3.17. The predicted molar refractivity (Wildman–Crippen MR) is 87.0 cm³/mol. The number of nitrogens with one attached hydrogen (secondary N) is 1. The maximum atomic E-state index is 14.0. The lowest BCUT2D eigenvalue weighted by atomic mass is 9.98. The highest BCUT2D eigenvalue weighted by molar-refractivity contribution is 9.10. The Morgan fingerprint density at radius 3 is 2.52 bits per heavy atom. The van der Waals surface area contributed by atoms with Gasteiger partial charge in [-0.15, -0.1) is 0 Å². The highest BCUT2D eigenvalue weighted by Gasteiger charge is 2.20. The maximum absolute atomic E-state index is 14.0. The first kappa shape index (κ1) is 16.8. The van der Waals surface area contributed by atoms with Crippen molar-refractivity contribution in [1.29, 1.82) is 0 Å². The molecule has 0 amide bonds. The highest BCUT2D eigenvalue weighted by atomic mass is 79.9. The first-order chi connectivity index (χ1) is 9.93. The molecule has 1 unspecified atom stereocenters. The molecule has 0 bridgehead atoms. The molecule has 3 N–H and O–H groups in total. The van der Waals surface area contributed by atoms with E-state index < -0.39 is 17.7 Å². The molecular formula is C14H11Br2ClF2N2. The van der Waals surface area contributed by atoms with Gasteiger partial charge in [0.05, 0.1) is 10.5 Å². The Balaban J connectivity index is 2.38. The second kappa shape index (κ2) is 7.15. The summed E-state index contributed by atoms with van der Waals surface area (Å²) in [5, 5.41) is 0.461. The van der Waals surface area contributed by atoms with Crippen LogP contribution >= 0.6 is 43.5 Å². The van der Waals surface area contributed by atoms with Crippen molar-refractivity contribution in [2.24, 2.45) is 5.84 Å². The molecule has 0 aromatic heterocycles. The van der Waals surface area contributed by atoms with Gasteiger partial charge < -0.3 is 0 Å². The van der Waals surface area contributed by atoms with Crippen LogP contribution in [0.4, 0.5) is 8.78 Å². The van der Waals surface area contributed by atoms with Gasteiger partial charge in [0.25, 0.3) is 0 Å². The van der Waals surface area contributed by atoms with Crippen molar-refractivity contribution in [2.45, 2.75) is 12.5 Å². The first-order valence-corrected chi connectivity index (χ1v) is 7.94. The minimum absolute atomic E-state index is 0.0367. The van der Waals surface area contributed by atoms with Crippen LogP contribution in [0.3, 0.4) is 0 Å². The van der Waals surface area contributed by atoms with Crippen molar-refractivity contribution in [1.82, 2.24) is 5.43 Å². The molecular weight excluding hydrogens is 429 g/mol. The molecule has 1 atom stereocenters. The number of hydrogen-bond donors (Lipinski definition) is 2. The summed E-state index contributed by atoms with van der Waals surface area (Å²) in [4.78, 5) is 0. The number of benzene rings is 2. The van der Waals surface area contributed by atoms with Crippen LogP contribution in [0.1, 0.15) is 17.2 Å². The van der Waals surface area contributed by atoms with E-state index in [1.807, 2.05) is 0 Å². The predicted octanol–water partition coefficient (Wildman–Crippen LogP) is 4.89. The van der Waals surface area contributed by atoms with Gasteiger partial charge in [0.15, 0.2) is 0 Å². The summed E-state index contributed by atoms with van der Waals surface area (Å²) in [6.07, 6.45) is 0.0367. The van der Waals surface area contributed by atoms with Gasteiger partial charge >= 0.3 is 0 Å². The van der Waals surface area contributed by atoms with Crippen LogP contribution in [0.2, 0.25) is 5.02 Å². The van der Waals surface area contributed by atoms with E-state index in [0.717, 1.165) is 4.47 Å². The van der Waals surface area contributed by atoms with Crippen molar-refractivity contribution in [3.8, 4) is 0 Å². The van der Waals surface area contributed by atoms with E-state index in [0.29, 0.717) is 10.6 Å². The van der Waals surface area contributed by atoms with Crippen LogP contribution in [-0.4, -0.2) is 0 Å². The van der Waals surface area contributed by atoms with Crippen LogP contribution in [0.25, 0.3) is 0 Å². The molecule has 0 saturated carbocycles. The molecule has 0 spiro atoms. The molecule has 2 aromatic rings. The van der Waals surface area contributed by atoms with Crippen molar-refractivity contribution in [3.63, 3.8) is 0 Å². The number of nitrogens with two attached hydrogens (primary N) is 1. The first-order valence-electron chi connectivity index (χ1n) is 5.97. The van der Waals surface area contributed by atoms with E-state index in [4.69, 9.17) is 17.4 Å². The fourth-order valence-electron chi connectivity index (χ4n) is 2.00. The standard InChI is InChI=1S/C14H11Br2ClF2N2/c15-7-1-2-8(11(17)5-7)13(21-20)6-9-12(18)4-3-10(16)14(9)19/h1-5,13,21H,6,20H2. The third-order valence-corrected chi connectivity index (χ3v) is 4.52.